The van der Waals surface area contributed by atoms with Gasteiger partial charge in [-0.15, -0.1) is 0 Å². The van der Waals surface area contributed by atoms with Crippen LogP contribution in [0.5, 0.6) is 0 Å². The summed E-state index contributed by atoms with van der Waals surface area (Å²) < 4.78 is 0. The topological polar surface area (TPSA) is 29.3 Å². The fourth-order valence-corrected chi connectivity index (χ4v) is 2.80. The van der Waals surface area contributed by atoms with Gasteiger partial charge in [0.25, 0.3) is 0 Å². The SMILES string of the molecule is CCN(c1ccccc1C)C1(CN)CCC1. The monoisotopic (exact) mass is 218 g/mol. The van der Waals surface area contributed by atoms with E-state index in [0.29, 0.717) is 0 Å². The second-order valence-electron chi connectivity index (χ2n) is 4.81. The highest BCUT2D eigenvalue weighted by atomic mass is 15.2. The second-order valence-corrected chi connectivity index (χ2v) is 4.81. The summed E-state index contributed by atoms with van der Waals surface area (Å²) in [5.74, 6) is 0. The molecule has 0 spiro atoms. The molecule has 0 aliphatic heterocycles. The molecule has 16 heavy (non-hydrogen) atoms. The van der Waals surface area contributed by atoms with Crippen LogP contribution in [0.3, 0.4) is 0 Å². The van der Waals surface area contributed by atoms with Crippen molar-refractivity contribution >= 4 is 5.69 Å². The molecule has 0 bridgehead atoms. The number of nitrogens with two attached hydrogens (primary N) is 1. The van der Waals surface area contributed by atoms with E-state index in [0.717, 1.165) is 13.1 Å². The van der Waals surface area contributed by atoms with Crippen molar-refractivity contribution in [2.75, 3.05) is 18.0 Å². The van der Waals surface area contributed by atoms with Gasteiger partial charge in [-0.1, -0.05) is 18.2 Å². The first kappa shape index (κ1) is 11.5. The van der Waals surface area contributed by atoms with E-state index in [1.165, 1.54) is 30.5 Å². The number of para-hydroxylation sites is 1. The second kappa shape index (κ2) is 4.46. The Kier molecular flexibility index (Phi) is 3.20. The van der Waals surface area contributed by atoms with Gasteiger partial charge < -0.3 is 10.6 Å². The van der Waals surface area contributed by atoms with Crippen LogP contribution >= 0.6 is 0 Å². The molecule has 0 saturated heterocycles. The third-order valence-corrected chi connectivity index (χ3v) is 3.96. The molecular weight excluding hydrogens is 196 g/mol. The van der Waals surface area contributed by atoms with Gasteiger partial charge in [-0.25, -0.2) is 0 Å². The average Bonchev–Trinajstić information content (AvgIpc) is 2.25. The van der Waals surface area contributed by atoms with Crippen molar-refractivity contribution in [3.63, 3.8) is 0 Å². The van der Waals surface area contributed by atoms with Gasteiger partial charge in [0, 0.05) is 18.8 Å². The molecule has 2 heteroatoms. The smallest absolute Gasteiger partial charge is 0.0524 e. The van der Waals surface area contributed by atoms with E-state index >= 15 is 0 Å². The quantitative estimate of drug-likeness (QED) is 0.842. The summed E-state index contributed by atoms with van der Waals surface area (Å²) in [5.41, 5.74) is 8.94. The Balaban J connectivity index is 2.32. The molecule has 1 saturated carbocycles. The van der Waals surface area contributed by atoms with E-state index in [9.17, 15) is 0 Å². The maximum Gasteiger partial charge on any atom is 0.0524 e. The third-order valence-electron chi connectivity index (χ3n) is 3.96. The summed E-state index contributed by atoms with van der Waals surface area (Å²) in [4.78, 5) is 2.51. The zero-order valence-corrected chi connectivity index (χ0v) is 10.4. The van der Waals surface area contributed by atoms with Crippen LogP contribution in [0.15, 0.2) is 24.3 Å². The summed E-state index contributed by atoms with van der Waals surface area (Å²) in [6, 6.07) is 8.62. The van der Waals surface area contributed by atoms with Crippen LogP contribution < -0.4 is 10.6 Å². The van der Waals surface area contributed by atoms with Gasteiger partial charge in [-0.2, -0.15) is 0 Å². The number of aryl methyl sites for hydroxylation is 1. The zero-order chi connectivity index (χ0) is 11.6. The summed E-state index contributed by atoms with van der Waals surface area (Å²) in [6.45, 7) is 6.22. The largest absolute Gasteiger partial charge is 0.365 e. The molecule has 1 fully saturated rings. The fraction of sp³-hybridized carbons (Fsp3) is 0.571. The number of hydrogen-bond acceptors (Lipinski definition) is 2. The van der Waals surface area contributed by atoms with Crippen molar-refractivity contribution in [2.24, 2.45) is 5.73 Å². The Bertz CT molecular complexity index is 350. The van der Waals surface area contributed by atoms with Gasteiger partial charge in [-0.3, -0.25) is 0 Å². The molecule has 1 aliphatic rings. The first-order chi connectivity index (χ1) is 7.73. The maximum atomic E-state index is 5.99. The lowest BCUT2D eigenvalue weighted by Crippen LogP contribution is -2.59. The normalized spacial score (nSPS) is 17.9. The Morgan fingerprint density at radius 3 is 2.44 bits per heavy atom. The first-order valence-corrected chi connectivity index (χ1v) is 6.27. The van der Waals surface area contributed by atoms with E-state index in [4.69, 9.17) is 5.73 Å². The molecule has 0 radical (unpaired) electrons. The van der Waals surface area contributed by atoms with Crippen molar-refractivity contribution in [1.82, 2.24) is 0 Å². The number of benzene rings is 1. The van der Waals surface area contributed by atoms with Crippen LogP contribution in [0.4, 0.5) is 5.69 Å². The lowest BCUT2D eigenvalue weighted by atomic mass is 9.75. The molecule has 0 heterocycles. The van der Waals surface area contributed by atoms with Crippen LogP contribution in [0.25, 0.3) is 0 Å². The van der Waals surface area contributed by atoms with E-state index in [2.05, 4.69) is 43.0 Å². The van der Waals surface area contributed by atoms with E-state index in [1.54, 1.807) is 0 Å². The predicted octanol–water partition coefficient (Wildman–Crippen LogP) is 2.70. The molecule has 0 amide bonds. The van der Waals surface area contributed by atoms with Gasteiger partial charge in [0.05, 0.1) is 5.54 Å². The summed E-state index contributed by atoms with van der Waals surface area (Å²) >= 11 is 0. The summed E-state index contributed by atoms with van der Waals surface area (Å²) in [5, 5.41) is 0. The minimum Gasteiger partial charge on any atom is -0.365 e. The van der Waals surface area contributed by atoms with E-state index in [1.807, 2.05) is 0 Å². The minimum atomic E-state index is 0.237. The Labute approximate surface area is 98.4 Å². The van der Waals surface area contributed by atoms with Crippen molar-refractivity contribution in [2.45, 2.75) is 38.6 Å². The summed E-state index contributed by atoms with van der Waals surface area (Å²) in [6.07, 6.45) is 3.80. The predicted molar refractivity (Wildman–Crippen MR) is 69.8 cm³/mol. The highest BCUT2D eigenvalue weighted by Gasteiger charge is 2.40. The van der Waals surface area contributed by atoms with E-state index in [-0.39, 0.29) is 5.54 Å². The lowest BCUT2D eigenvalue weighted by molar-refractivity contribution is 0.238. The fourth-order valence-electron chi connectivity index (χ4n) is 2.80. The molecular formula is C14H22N2. The molecule has 1 aromatic carbocycles. The number of rotatable bonds is 4. The molecule has 1 aromatic rings. The van der Waals surface area contributed by atoms with Gasteiger partial charge in [-0.05, 0) is 44.7 Å². The standard InChI is InChI=1S/C14H22N2/c1-3-16(14(11-15)9-6-10-14)13-8-5-4-7-12(13)2/h4-5,7-8H,3,6,9-11,15H2,1-2H3. The summed E-state index contributed by atoms with van der Waals surface area (Å²) in [7, 11) is 0. The van der Waals surface area contributed by atoms with Gasteiger partial charge in [0.15, 0.2) is 0 Å². The van der Waals surface area contributed by atoms with Crippen LogP contribution in [-0.4, -0.2) is 18.6 Å². The molecule has 2 N–H and O–H groups in total. The molecule has 2 nitrogen and oxygen atoms in total. The van der Waals surface area contributed by atoms with E-state index < -0.39 is 0 Å². The molecule has 2 rings (SSSR count). The number of anilines is 1. The highest BCUT2D eigenvalue weighted by molar-refractivity contribution is 5.55. The number of nitrogens with zero attached hydrogens (tertiary/aromatic N) is 1. The molecule has 1 aliphatic carbocycles. The zero-order valence-electron chi connectivity index (χ0n) is 10.4. The molecule has 0 atom stereocenters. The van der Waals surface area contributed by atoms with Crippen molar-refractivity contribution < 1.29 is 0 Å². The molecule has 0 aromatic heterocycles. The van der Waals surface area contributed by atoms with Crippen LogP contribution in [0.2, 0.25) is 0 Å². The number of likely N-dealkylation sites (N-methyl/N-ethyl adjacent to an activating group) is 1. The van der Waals surface area contributed by atoms with Gasteiger partial charge in [0.2, 0.25) is 0 Å². The third kappa shape index (κ3) is 1.71. The first-order valence-electron chi connectivity index (χ1n) is 6.27. The highest BCUT2D eigenvalue weighted by Crippen LogP contribution is 2.40. The Morgan fingerprint density at radius 2 is 2.00 bits per heavy atom. The maximum absolute atomic E-state index is 5.99. The van der Waals surface area contributed by atoms with Crippen molar-refractivity contribution in [1.29, 1.82) is 0 Å². The van der Waals surface area contributed by atoms with Crippen molar-refractivity contribution in [3.05, 3.63) is 29.8 Å². The minimum absolute atomic E-state index is 0.237. The molecule has 88 valence electrons. The van der Waals surface area contributed by atoms with Crippen LogP contribution in [0, 0.1) is 6.92 Å². The Morgan fingerprint density at radius 1 is 1.31 bits per heavy atom. The number of hydrogen-bond donors (Lipinski definition) is 1. The van der Waals surface area contributed by atoms with Crippen LogP contribution in [-0.2, 0) is 0 Å². The van der Waals surface area contributed by atoms with Gasteiger partial charge >= 0.3 is 0 Å². The average molecular weight is 218 g/mol. The Hall–Kier alpha value is -1.02. The van der Waals surface area contributed by atoms with Crippen molar-refractivity contribution in [3.8, 4) is 0 Å². The molecule has 0 unspecified atom stereocenters. The van der Waals surface area contributed by atoms with Crippen LogP contribution in [0.1, 0.15) is 31.7 Å². The van der Waals surface area contributed by atoms with Gasteiger partial charge in [0.1, 0.15) is 0 Å². The lowest BCUT2D eigenvalue weighted by Gasteiger charge is -2.51.